The van der Waals surface area contributed by atoms with E-state index in [4.69, 9.17) is 4.74 Å². The van der Waals surface area contributed by atoms with Gasteiger partial charge in [-0.15, -0.1) is 5.10 Å². The quantitative estimate of drug-likeness (QED) is 0.565. The van der Waals surface area contributed by atoms with Crippen LogP contribution in [0.25, 0.3) is 11.0 Å². The normalized spacial score (nSPS) is 10.8. The highest BCUT2D eigenvalue weighted by Gasteiger charge is 2.05. The van der Waals surface area contributed by atoms with Crippen molar-refractivity contribution >= 4 is 11.0 Å². The zero-order chi connectivity index (χ0) is 15.5. The zero-order valence-corrected chi connectivity index (χ0v) is 12.5. The smallest absolute Gasteiger partial charge is 0.127 e. The monoisotopic (exact) mass is 301 g/mol. The van der Waals surface area contributed by atoms with Crippen LogP contribution in [0.5, 0.6) is 11.5 Å². The molecule has 0 spiro atoms. The molecular weight excluding hydrogens is 286 g/mol. The lowest BCUT2D eigenvalue weighted by Gasteiger charge is -2.08. The molecule has 0 atom stereocenters. The van der Waals surface area contributed by atoms with Gasteiger partial charge in [-0.3, -0.25) is 0 Å². The maximum absolute atomic E-state index is 5.88. The van der Waals surface area contributed by atoms with Crippen LogP contribution in [0.2, 0.25) is 0 Å². The van der Waals surface area contributed by atoms with Crippen LogP contribution in [-0.2, 0) is 6.54 Å². The van der Waals surface area contributed by atoms with E-state index in [1.807, 2.05) is 77.5 Å². The number of nitrogens with zero attached hydrogens (tertiary/aromatic N) is 3. The molecule has 4 aromatic rings. The van der Waals surface area contributed by atoms with E-state index in [1.54, 1.807) is 0 Å². The van der Waals surface area contributed by atoms with Crippen LogP contribution in [0.15, 0.2) is 78.9 Å². The predicted molar refractivity (Wildman–Crippen MR) is 89.6 cm³/mol. The lowest BCUT2D eigenvalue weighted by atomic mass is 10.2. The van der Waals surface area contributed by atoms with Gasteiger partial charge in [0.25, 0.3) is 0 Å². The first-order valence-corrected chi connectivity index (χ1v) is 7.48. The Labute approximate surface area is 134 Å². The second kappa shape index (κ2) is 5.93. The third-order valence-electron chi connectivity index (χ3n) is 3.63. The molecule has 0 saturated carbocycles. The van der Waals surface area contributed by atoms with E-state index in [2.05, 4.69) is 16.4 Å². The minimum absolute atomic E-state index is 0.659. The van der Waals surface area contributed by atoms with Gasteiger partial charge < -0.3 is 4.74 Å². The summed E-state index contributed by atoms with van der Waals surface area (Å²) in [4.78, 5) is 0. The van der Waals surface area contributed by atoms with E-state index in [0.29, 0.717) is 6.54 Å². The highest BCUT2D eigenvalue weighted by Crippen LogP contribution is 2.22. The summed E-state index contributed by atoms with van der Waals surface area (Å²) in [5.41, 5.74) is 3.06. The maximum Gasteiger partial charge on any atom is 0.127 e. The summed E-state index contributed by atoms with van der Waals surface area (Å²) in [7, 11) is 0. The Kier molecular flexibility index (Phi) is 3.48. The van der Waals surface area contributed by atoms with E-state index < -0.39 is 0 Å². The van der Waals surface area contributed by atoms with Crippen LogP contribution in [0.3, 0.4) is 0 Å². The molecule has 4 nitrogen and oxygen atoms in total. The number of ether oxygens (including phenoxy) is 1. The Morgan fingerprint density at radius 3 is 2.48 bits per heavy atom. The standard InChI is InChI=1S/C19H15N3O/c1-2-8-16(9-3-1)23-17-10-6-7-15(13-17)14-22-19-12-5-4-11-18(19)20-21-22/h1-13H,14H2. The maximum atomic E-state index is 5.88. The van der Waals surface area contributed by atoms with Crippen molar-refractivity contribution in [2.45, 2.75) is 6.54 Å². The van der Waals surface area contributed by atoms with Crippen LogP contribution in [0.1, 0.15) is 5.56 Å². The molecule has 23 heavy (non-hydrogen) atoms. The molecule has 0 amide bonds. The molecule has 112 valence electrons. The van der Waals surface area contributed by atoms with E-state index in [-0.39, 0.29) is 0 Å². The highest BCUT2D eigenvalue weighted by atomic mass is 16.5. The van der Waals surface area contributed by atoms with Crippen LogP contribution >= 0.6 is 0 Å². The molecule has 1 aromatic heterocycles. The van der Waals surface area contributed by atoms with E-state index in [1.165, 1.54) is 0 Å². The van der Waals surface area contributed by atoms with Gasteiger partial charge in [0, 0.05) is 0 Å². The van der Waals surface area contributed by atoms with Gasteiger partial charge in [-0.25, -0.2) is 4.68 Å². The third-order valence-corrected chi connectivity index (χ3v) is 3.63. The Balaban J connectivity index is 1.59. The summed E-state index contributed by atoms with van der Waals surface area (Å²) >= 11 is 0. The Morgan fingerprint density at radius 1 is 0.783 bits per heavy atom. The van der Waals surface area contributed by atoms with Gasteiger partial charge in [0.1, 0.15) is 17.0 Å². The highest BCUT2D eigenvalue weighted by molar-refractivity contribution is 5.73. The average Bonchev–Trinajstić information content (AvgIpc) is 2.99. The van der Waals surface area contributed by atoms with Gasteiger partial charge in [0.15, 0.2) is 0 Å². The van der Waals surface area contributed by atoms with Gasteiger partial charge in [-0.1, -0.05) is 47.7 Å². The largest absolute Gasteiger partial charge is 0.457 e. The minimum Gasteiger partial charge on any atom is -0.457 e. The molecule has 4 heteroatoms. The molecule has 0 saturated heterocycles. The number of fused-ring (bicyclic) bond motifs is 1. The average molecular weight is 301 g/mol. The molecule has 0 aliphatic heterocycles. The van der Waals surface area contributed by atoms with Crippen LogP contribution < -0.4 is 4.74 Å². The number of aromatic nitrogens is 3. The number of hydrogen-bond donors (Lipinski definition) is 0. The minimum atomic E-state index is 0.659. The molecule has 0 fully saturated rings. The summed E-state index contributed by atoms with van der Waals surface area (Å²) < 4.78 is 7.78. The number of hydrogen-bond acceptors (Lipinski definition) is 3. The fourth-order valence-electron chi connectivity index (χ4n) is 2.54. The first-order valence-electron chi connectivity index (χ1n) is 7.48. The number of rotatable bonds is 4. The van der Waals surface area contributed by atoms with Crippen molar-refractivity contribution in [2.24, 2.45) is 0 Å². The van der Waals surface area contributed by atoms with Crippen molar-refractivity contribution in [2.75, 3.05) is 0 Å². The van der Waals surface area contributed by atoms with Crippen molar-refractivity contribution < 1.29 is 4.74 Å². The first kappa shape index (κ1) is 13.5. The van der Waals surface area contributed by atoms with Crippen molar-refractivity contribution in [3.63, 3.8) is 0 Å². The topological polar surface area (TPSA) is 39.9 Å². The fraction of sp³-hybridized carbons (Fsp3) is 0.0526. The Hall–Kier alpha value is -3.14. The molecule has 0 N–H and O–H groups in total. The molecule has 3 aromatic carbocycles. The second-order valence-electron chi connectivity index (χ2n) is 5.30. The van der Waals surface area contributed by atoms with Crippen LogP contribution in [0, 0.1) is 0 Å². The van der Waals surface area contributed by atoms with Crippen molar-refractivity contribution in [3.05, 3.63) is 84.4 Å². The molecule has 0 aliphatic carbocycles. The molecule has 0 bridgehead atoms. The molecular formula is C19H15N3O. The molecule has 1 heterocycles. The Morgan fingerprint density at radius 2 is 1.57 bits per heavy atom. The Bertz CT molecular complexity index is 931. The molecule has 4 rings (SSSR count). The van der Waals surface area contributed by atoms with Crippen molar-refractivity contribution in [3.8, 4) is 11.5 Å². The van der Waals surface area contributed by atoms with E-state index in [9.17, 15) is 0 Å². The molecule has 0 aliphatic rings. The van der Waals surface area contributed by atoms with E-state index >= 15 is 0 Å². The summed E-state index contributed by atoms with van der Waals surface area (Å²) in [5.74, 6) is 1.65. The van der Waals surface area contributed by atoms with Gasteiger partial charge >= 0.3 is 0 Å². The lowest BCUT2D eigenvalue weighted by molar-refractivity contribution is 0.481. The van der Waals surface area contributed by atoms with Gasteiger partial charge in [0.05, 0.1) is 12.1 Å². The van der Waals surface area contributed by atoms with Gasteiger partial charge in [-0.2, -0.15) is 0 Å². The van der Waals surface area contributed by atoms with Crippen molar-refractivity contribution in [1.82, 2.24) is 15.0 Å². The molecule has 0 unspecified atom stereocenters. The van der Waals surface area contributed by atoms with Gasteiger partial charge in [0.2, 0.25) is 0 Å². The second-order valence-corrected chi connectivity index (χ2v) is 5.30. The SMILES string of the molecule is c1ccc(Oc2cccc(Cn3nnc4ccccc43)c2)cc1. The predicted octanol–water partition coefficient (Wildman–Crippen LogP) is 4.27. The van der Waals surface area contributed by atoms with Crippen molar-refractivity contribution in [1.29, 1.82) is 0 Å². The number of para-hydroxylation sites is 2. The van der Waals surface area contributed by atoms with Gasteiger partial charge in [-0.05, 0) is 42.0 Å². The third kappa shape index (κ3) is 2.92. The first-order chi connectivity index (χ1) is 11.4. The summed E-state index contributed by atoms with van der Waals surface area (Å²) in [5, 5.41) is 8.42. The number of benzene rings is 3. The van der Waals surface area contributed by atoms with E-state index in [0.717, 1.165) is 28.1 Å². The van der Waals surface area contributed by atoms with Crippen LogP contribution in [-0.4, -0.2) is 15.0 Å². The van der Waals surface area contributed by atoms with Crippen LogP contribution in [0.4, 0.5) is 0 Å². The molecule has 0 radical (unpaired) electrons. The zero-order valence-electron chi connectivity index (χ0n) is 12.5. The summed E-state index contributed by atoms with van der Waals surface area (Å²) in [6.45, 7) is 0.659. The summed E-state index contributed by atoms with van der Waals surface area (Å²) in [6, 6.07) is 25.8. The summed E-state index contributed by atoms with van der Waals surface area (Å²) in [6.07, 6.45) is 0. The fourth-order valence-corrected chi connectivity index (χ4v) is 2.54. The lowest BCUT2D eigenvalue weighted by Crippen LogP contribution is -2.01.